The van der Waals surface area contributed by atoms with Crippen molar-refractivity contribution in [1.82, 2.24) is 0 Å². The minimum absolute atomic E-state index is 0.0926. The Morgan fingerprint density at radius 3 is 1.30 bits per heavy atom. The molecule has 6 heteroatoms. The van der Waals surface area contributed by atoms with E-state index in [1.165, 1.54) is 89.9 Å². The number of carbonyl (C=O) groups is 3. The minimum Gasteiger partial charge on any atom is -0.462 e. The fraction of sp³-hybridized carbons (Fsp3) is 0.795. The van der Waals surface area contributed by atoms with Crippen LogP contribution < -0.4 is 0 Å². The predicted molar refractivity (Wildman–Crippen MR) is 210 cm³/mol. The molecule has 0 fully saturated rings. The maximum Gasteiger partial charge on any atom is 0.306 e. The number of allylic oxidation sites excluding steroid dienone is 6. The summed E-state index contributed by atoms with van der Waals surface area (Å²) in [6.07, 6.45) is 42.8. The Bertz CT molecular complexity index is 861. The normalized spacial score (nSPS) is 12.3. The summed E-state index contributed by atoms with van der Waals surface area (Å²) in [4.78, 5) is 37.4. The lowest BCUT2D eigenvalue weighted by atomic mass is 10.1. The second-order valence-corrected chi connectivity index (χ2v) is 13.9. The molecule has 0 amide bonds. The monoisotopic (exact) mass is 703 g/mol. The van der Waals surface area contributed by atoms with Gasteiger partial charge in [0.25, 0.3) is 0 Å². The SMILES string of the molecule is CCCC/C=C\CCCCCCC(=O)OC(COC(=O)CC/C=C\C/C=C\CCCCCCCC)COC(=O)CCCCCCCCCCC. The summed E-state index contributed by atoms with van der Waals surface area (Å²) in [5.41, 5.74) is 0. The first-order chi connectivity index (χ1) is 24.5. The van der Waals surface area contributed by atoms with Gasteiger partial charge in [0, 0.05) is 19.3 Å². The zero-order chi connectivity index (χ0) is 36.6. The van der Waals surface area contributed by atoms with Crippen molar-refractivity contribution in [1.29, 1.82) is 0 Å². The van der Waals surface area contributed by atoms with Crippen LogP contribution in [0.2, 0.25) is 0 Å². The van der Waals surface area contributed by atoms with Crippen LogP contribution in [0.25, 0.3) is 0 Å². The first-order valence-electron chi connectivity index (χ1n) is 21.0. The van der Waals surface area contributed by atoms with Crippen LogP contribution in [-0.2, 0) is 28.6 Å². The van der Waals surface area contributed by atoms with Crippen molar-refractivity contribution in [2.24, 2.45) is 0 Å². The van der Waals surface area contributed by atoms with Crippen LogP contribution in [0.1, 0.15) is 207 Å². The van der Waals surface area contributed by atoms with Gasteiger partial charge in [0.1, 0.15) is 13.2 Å². The van der Waals surface area contributed by atoms with Gasteiger partial charge in [-0.1, -0.05) is 166 Å². The number of esters is 3. The first-order valence-corrected chi connectivity index (χ1v) is 21.0. The zero-order valence-corrected chi connectivity index (χ0v) is 32.9. The summed E-state index contributed by atoms with van der Waals surface area (Å²) in [7, 11) is 0. The summed E-state index contributed by atoms with van der Waals surface area (Å²) in [5.74, 6) is -0.984. The van der Waals surface area contributed by atoms with Gasteiger partial charge in [0.05, 0.1) is 0 Å². The highest BCUT2D eigenvalue weighted by Gasteiger charge is 2.19. The highest BCUT2D eigenvalue weighted by atomic mass is 16.6. The van der Waals surface area contributed by atoms with E-state index in [2.05, 4.69) is 51.2 Å². The fourth-order valence-electron chi connectivity index (χ4n) is 5.65. The van der Waals surface area contributed by atoms with E-state index in [1.54, 1.807) is 0 Å². The lowest BCUT2D eigenvalue weighted by Crippen LogP contribution is -2.30. The van der Waals surface area contributed by atoms with E-state index in [0.717, 1.165) is 70.6 Å². The van der Waals surface area contributed by atoms with E-state index >= 15 is 0 Å². The number of carbonyl (C=O) groups excluding carboxylic acids is 3. The summed E-state index contributed by atoms with van der Waals surface area (Å²) < 4.78 is 16.5. The average molecular weight is 703 g/mol. The van der Waals surface area contributed by atoms with Gasteiger partial charge in [-0.05, 0) is 57.8 Å². The molecule has 0 bridgehead atoms. The van der Waals surface area contributed by atoms with Crippen LogP contribution in [0, 0.1) is 0 Å². The smallest absolute Gasteiger partial charge is 0.306 e. The Kier molecular flexibility index (Phi) is 37.5. The van der Waals surface area contributed by atoms with E-state index in [4.69, 9.17) is 14.2 Å². The third kappa shape index (κ3) is 36.9. The maximum absolute atomic E-state index is 12.6. The summed E-state index contributed by atoms with van der Waals surface area (Å²) in [6, 6.07) is 0. The van der Waals surface area contributed by atoms with E-state index in [-0.39, 0.29) is 37.5 Å². The molecule has 0 spiro atoms. The molecular weight excluding hydrogens is 624 g/mol. The third-order valence-corrected chi connectivity index (χ3v) is 8.88. The lowest BCUT2D eigenvalue weighted by Gasteiger charge is -2.18. The molecule has 0 radical (unpaired) electrons. The zero-order valence-electron chi connectivity index (χ0n) is 32.9. The van der Waals surface area contributed by atoms with Crippen molar-refractivity contribution in [2.45, 2.75) is 213 Å². The van der Waals surface area contributed by atoms with Gasteiger partial charge in [-0.15, -0.1) is 0 Å². The molecule has 0 saturated carbocycles. The molecule has 0 aliphatic heterocycles. The Morgan fingerprint density at radius 1 is 0.400 bits per heavy atom. The Labute approximate surface area is 308 Å². The van der Waals surface area contributed by atoms with E-state index < -0.39 is 6.10 Å². The second-order valence-electron chi connectivity index (χ2n) is 13.9. The molecule has 0 aromatic carbocycles. The van der Waals surface area contributed by atoms with Crippen molar-refractivity contribution in [2.75, 3.05) is 13.2 Å². The molecule has 0 aromatic heterocycles. The molecule has 50 heavy (non-hydrogen) atoms. The quantitative estimate of drug-likeness (QED) is 0.0277. The molecule has 0 rings (SSSR count). The van der Waals surface area contributed by atoms with Gasteiger partial charge in [-0.2, -0.15) is 0 Å². The van der Waals surface area contributed by atoms with Crippen LogP contribution in [0.5, 0.6) is 0 Å². The van der Waals surface area contributed by atoms with Crippen molar-refractivity contribution in [3.63, 3.8) is 0 Å². The Morgan fingerprint density at radius 2 is 0.780 bits per heavy atom. The topological polar surface area (TPSA) is 78.9 Å². The fourth-order valence-corrected chi connectivity index (χ4v) is 5.65. The summed E-state index contributed by atoms with van der Waals surface area (Å²) in [5, 5.41) is 0. The van der Waals surface area contributed by atoms with E-state index in [1.807, 2.05) is 6.08 Å². The maximum atomic E-state index is 12.6. The number of hydrogen-bond acceptors (Lipinski definition) is 6. The Balaban J connectivity index is 4.45. The highest BCUT2D eigenvalue weighted by molar-refractivity contribution is 5.71. The molecule has 0 aliphatic rings. The van der Waals surface area contributed by atoms with Gasteiger partial charge in [-0.3, -0.25) is 14.4 Å². The molecule has 0 heterocycles. The molecule has 6 nitrogen and oxygen atoms in total. The van der Waals surface area contributed by atoms with Crippen molar-refractivity contribution in [3.05, 3.63) is 36.5 Å². The van der Waals surface area contributed by atoms with Gasteiger partial charge in [0.15, 0.2) is 6.10 Å². The molecule has 1 unspecified atom stereocenters. The molecule has 0 saturated heterocycles. The minimum atomic E-state index is -0.792. The van der Waals surface area contributed by atoms with Crippen LogP contribution in [0.15, 0.2) is 36.5 Å². The van der Waals surface area contributed by atoms with Crippen molar-refractivity contribution in [3.8, 4) is 0 Å². The van der Waals surface area contributed by atoms with Crippen molar-refractivity contribution >= 4 is 17.9 Å². The lowest BCUT2D eigenvalue weighted by molar-refractivity contribution is -0.166. The number of hydrogen-bond donors (Lipinski definition) is 0. The standard InChI is InChI=1S/C44H78O6/c1-4-7-10-13-16-19-21-22-23-26-28-31-34-37-43(46)49-40-41(39-48-42(45)36-33-30-27-24-18-15-12-9-6-3)50-44(47)38-35-32-29-25-20-17-14-11-8-5-2/h14,17,22-23,28,31,41H,4-13,15-16,18-21,24-27,29-30,32-40H2,1-3H3/b17-14-,23-22-,31-28-. The predicted octanol–water partition coefficient (Wildman–Crippen LogP) is 13.0. The van der Waals surface area contributed by atoms with Gasteiger partial charge < -0.3 is 14.2 Å². The Hall–Kier alpha value is -2.37. The highest BCUT2D eigenvalue weighted by Crippen LogP contribution is 2.13. The summed E-state index contributed by atoms with van der Waals surface area (Å²) >= 11 is 0. The van der Waals surface area contributed by atoms with Crippen LogP contribution in [0.4, 0.5) is 0 Å². The molecule has 0 aromatic rings. The van der Waals surface area contributed by atoms with Gasteiger partial charge >= 0.3 is 17.9 Å². The molecule has 0 aliphatic carbocycles. The molecular formula is C44H78O6. The molecule has 1 atom stereocenters. The van der Waals surface area contributed by atoms with E-state index in [0.29, 0.717) is 19.3 Å². The largest absolute Gasteiger partial charge is 0.462 e. The van der Waals surface area contributed by atoms with Crippen LogP contribution in [0.3, 0.4) is 0 Å². The molecule has 0 N–H and O–H groups in total. The second kappa shape index (κ2) is 39.4. The number of rotatable bonds is 37. The number of unbranched alkanes of at least 4 members (excludes halogenated alkanes) is 20. The average Bonchev–Trinajstić information content (AvgIpc) is 3.11. The third-order valence-electron chi connectivity index (χ3n) is 8.88. The van der Waals surface area contributed by atoms with Crippen molar-refractivity contribution < 1.29 is 28.6 Å². The first kappa shape index (κ1) is 47.6. The molecule has 290 valence electrons. The van der Waals surface area contributed by atoms with Gasteiger partial charge in [-0.25, -0.2) is 0 Å². The van der Waals surface area contributed by atoms with Crippen LogP contribution in [-0.4, -0.2) is 37.2 Å². The number of ether oxygens (including phenoxy) is 3. The van der Waals surface area contributed by atoms with E-state index in [9.17, 15) is 14.4 Å². The van der Waals surface area contributed by atoms with Gasteiger partial charge in [0.2, 0.25) is 0 Å². The summed E-state index contributed by atoms with van der Waals surface area (Å²) in [6.45, 7) is 6.48. The van der Waals surface area contributed by atoms with Crippen LogP contribution >= 0.6 is 0 Å².